The number of Topliss-reactive ketones (excluding diaryl/α,β-unsaturated/α-hetero) is 1. The van der Waals surface area contributed by atoms with Gasteiger partial charge in [0.1, 0.15) is 5.82 Å². The molecule has 1 aromatic heterocycles. The van der Waals surface area contributed by atoms with Gasteiger partial charge in [-0.3, -0.25) is 9.69 Å². The van der Waals surface area contributed by atoms with E-state index in [1.165, 1.54) is 24.3 Å². The van der Waals surface area contributed by atoms with Crippen molar-refractivity contribution in [3.05, 3.63) is 33.5 Å². The van der Waals surface area contributed by atoms with E-state index in [1.54, 1.807) is 23.9 Å². The van der Waals surface area contributed by atoms with Gasteiger partial charge in [0, 0.05) is 31.7 Å². The smallest absolute Gasteiger partial charge is 0.181 e. The Balaban J connectivity index is 1.63. The Morgan fingerprint density at radius 1 is 1.36 bits per heavy atom. The monoisotopic (exact) mass is 398 g/mol. The van der Waals surface area contributed by atoms with Crippen LogP contribution in [0.2, 0.25) is 0 Å². The Labute approximate surface area is 159 Å². The van der Waals surface area contributed by atoms with E-state index in [0.29, 0.717) is 17.9 Å². The van der Waals surface area contributed by atoms with Gasteiger partial charge in [0.05, 0.1) is 12.4 Å². The summed E-state index contributed by atoms with van der Waals surface area (Å²) in [7, 11) is 0. The zero-order chi connectivity index (χ0) is 18.0. The Bertz CT molecular complexity index is 827. The fourth-order valence-electron chi connectivity index (χ4n) is 2.76. The van der Waals surface area contributed by atoms with Crippen LogP contribution in [0.25, 0.3) is 0 Å². The summed E-state index contributed by atoms with van der Waals surface area (Å²) in [6.45, 7) is 5.17. The van der Waals surface area contributed by atoms with Gasteiger partial charge >= 0.3 is 0 Å². The van der Waals surface area contributed by atoms with Crippen molar-refractivity contribution in [2.45, 2.75) is 17.9 Å². The average molecular weight is 399 g/mol. The zero-order valence-electron chi connectivity index (χ0n) is 14.1. The summed E-state index contributed by atoms with van der Waals surface area (Å²) in [5, 5.41) is 4.49. The molecule has 3 rings (SSSR count). The second-order valence-electron chi connectivity index (χ2n) is 5.81. The number of aromatic nitrogens is 2. The molecule has 1 aromatic carbocycles. The molecule has 0 atom stereocenters. The number of nitrogens with zero attached hydrogens (tertiary/aromatic N) is 4. The van der Waals surface area contributed by atoms with Gasteiger partial charge in [0.2, 0.25) is 0 Å². The number of anilines is 1. The third kappa shape index (κ3) is 4.28. The Morgan fingerprint density at radius 3 is 2.64 bits per heavy atom. The van der Waals surface area contributed by atoms with Crippen LogP contribution >= 0.6 is 35.3 Å². The first kappa shape index (κ1) is 18.5. The predicted octanol–water partition coefficient (Wildman–Crippen LogP) is 3.52. The SMILES string of the molecule is CSc1nn(CN2CCN(c3ccc(C(C)=O)cc3F)CC2)c(=S)s1. The number of ketones is 1. The van der Waals surface area contributed by atoms with E-state index in [9.17, 15) is 9.18 Å². The number of hydrogen-bond donors (Lipinski definition) is 0. The summed E-state index contributed by atoms with van der Waals surface area (Å²) in [5.74, 6) is -0.465. The van der Waals surface area contributed by atoms with Crippen LogP contribution in [0.1, 0.15) is 17.3 Å². The maximum Gasteiger partial charge on any atom is 0.181 e. The first-order valence-electron chi connectivity index (χ1n) is 7.87. The van der Waals surface area contributed by atoms with Gasteiger partial charge in [0.15, 0.2) is 14.1 Å². The number of carbonyl (C=O) groups excluding carboxylic acids is 1. The highest BCUT2D eigenvalue weighted by Crippen LogP contribution is 2.23. The van der Waals surface area contributed by atoms with Crippen LogP contribution in [0, 0.1) is 9.77 Å². The van der Waals surface area contributed by atoms with E-state index < -0.39 is 0 Å². The minimum absolute atomic E-state index is 0.125. The van der Waals surface area contributed by atoms with Gasteiger partial charge < -0.3 is 4.90 Å². The highest BCUT2D eigenvalue weighted by molar-refractivity contribution is 8.00. The summed E-state index contributed by atoms with van der Waals surface area (Å²) >= 11 is 8.47. The molecule has 1 fully saturated rings. The van der Waals surface area contributed by atoms with Crippen LogP contribution in [0.3, 0.4) is 0 Å². The van der Waals surface area contributed by atoms with Crippen molar-refractivity contribution < 1.29 is 9.18 Å². The molecule has 0 unspecified atom stereocenters. The van der Waals surface area contributed by atoms with E-state index in [1.807, 2.05) is 15.8 Å². The fourth-order valence-corrected chi connectivity index (χ4v) is 4.50. The summed E-state index contributed by atoms with van der Waals surface area (Å²) in [6, 6.07) is 4.71. The molecule has 0 radical (unpaired) electrons. The third-order valence-electron chi connectivity index (χ3n) is 4.16. The van der Waals surface area contributed by atoms with Gasteiger partial charge in [-0.05, 0) is 43.6 Å². The van der Waals surface area contributed by atoms with Crippen molar-refractivity contribution in [1.82, 2.24) is 14.7 Å². The Hall–Kier alpha value is -1.29. The molecule has 1 aliphatic heterocycles. The maximum atomic E-state index is 14.3. The van der Waals surface area contributed by atoms with Gasteiger partial charge in [0.25, 0.3) is 0 Å². The topological polar surface area (TPSA) is 41.4 Å². The Morgan fingerprint density at radius 2 is 2.08 bits per heavy atom. The molecule has 25 heavy (non-hydrogen) atoms. The molecule has 0 aliphatic carbocycles. The van der Waals surface area contributed by atoms with E-state index in [4.69, 9.17) is 12.2 Å². The second kappa shape index (κ2) is 7.94. The standard InChI is InChI=1S/C16H19FN4OS3/c1-11(22)12-3-4-14(13(17)9-12)20-7-5-19(6-8-20)10-21-16(23)25-15(18-21)24-2/h3-4,9H,5-8,10H2,1-2H3. The number of rotatable bonds is 5. The second-order valence-corrected chi connectivity index (χ2v) is 8.48. The summed E-state index contributed by atoms with van der Waals surface area (Å²) in [5.41, 5.74) is 0.960. The van der Waals surface area contributed by atoms with Crippen molar-refractivity contribution in [1.29, 1.82) is 0 Å². The Kier molecular flexibility index (Phi) is 5.88. The minimum atomic E-state index is -0.340. The molecule has 0 amide bonds. The number of carbonyl (C=O) groups is 1. The van der Waals surface area contributed by atoms with Gasteiger partial charge in [-0.2, -0.15) is 5.10 Å². The number of piperazine rings is 1. The molecule has 134 valence electrons. The van der Waals surface area contributed by atoms with Crippen LogP contribution in [0.15, 0.2) is 22.5 Å². The van der Waals surface area contributed by atoms with Crippen LogP contribution in [0.5, 0.6) is 0 Å². The number of thioether (sulfide) groups is 1. The van der Waals surface area contributed by atoms with Gasteiger partial charge in [-0.25, -0.2) is 9.07 Å². The first-order valence-corrected chi connectivity index (χ1v) is 10.3. The minimum Gasteiger partial charge on any atom is -0.367 e. The molecular weight excluding hydrogens is 379 g/mol. The van der Waals surface area contributed by atoms with Crippen LogP contribution < -0.4 is 4.90 Å². The molecule has 0 bridgehead atoms. The number of hydrogen-bond acceptors (Lipinski definition) is 7. The zero-order valence-corrected chi connectivity index (χ0v) is 16.5. The van der Waals surface area contributed by atoms with Crippen LogP contribution in [0.4, 0.5) is 10.1 Å². The van der Waals surface area contributed by atoms with Crippen molar-refractivity contribution in [2.24, 2.45) is 0 Å². The maximum absolute atomic E-state index is 14.3. The third-order valence-corrected chi connectivity index (χ3v) is 6.45. The van der Waals surface area contributed by atoms with Crippen molar-refractivity contribution in [2.75, 3.05) is 37.3 Å². The normalized spacial score (nSPS) is 15.6. The summed E-state index contributed by atoms with van der Waals surface area (Å²) < 4.78 is 17.9. The lowest BCUT2D eigenvalue weighted by atomic mass is 10.1. The van der Waals surface area contributed by atoms with Crippen molar-refractivity contribution in [3.8, 4) is 0 Å². The quantitative estimate of drug-likeness (QED) is 0.436. The molecule has 5 nitrogen and oxygen atoms in total. The number of halogens is 1. The highest BCUT2D eigenvalue weighted by Gasteiger charge is 2.20. The summed E-state index contributed by atoms with van der Waals surface area (Å²) in [4.78, 5) is 15.6. The molecule has 0 saturated carbocycles. The average Bonchev–Trinajstić information content (AvgIpc) is 2.95. The van der Waals surface area contributed by atoms with Gasteiger partial charge in [-0.15, -0.1) is 0 Å². The van der Waals surface area contributed by atoms with E-state index in [2.05, 4.69) is 10.00 Å². The molecule has 1 aliphatic rings. The van der Waals surface area contributed by atoms with Crippen LogP contribution in [-0.2, 0) is 6.67 Å². The largest absolute Gasteiger partial charge is 0.367 e. The molecule has 1 saturated heterocycles. The molecular formula is C16H19FN4OS3. The lowest BCUT2D eigenvalue weighted by molar-refractivity contribution is 0.101. The fraction of sp³-hybridized carbons (Fsp3) is 0.438. The molecule has 9 heteroatoms. The van der Waals surface area contributed by atoms with Crippen LogP contribution in [-0.4, -0.2) is 52.9 Å². The van der Waals surface area contributed by atoms with E-state index in [-0.39, 0.29) is 11.6 Å². The lowest BCUT2D eigenvalue weighted by Gasteiger charge is -2.36. The summed E-state index contributed by atoms with van der Waals surface area (Å²) in [6.07, 6.45) is 1.99. The molecule has 2 aromatic rings. The lowest BCUT2D eigenvalue weighted by Crippen LogP contribution is -2.47. The highest BCUT2D eigenvalue weighted by atomic mass is 32.2. The van der Waals surface area contributed by atoms with Crippen molar-refractivity contribution >= 4 is 46.8 Å². The first-order chi connectivity index (χ1) is 12.0. The molecule has 0 N–H and O–H groups in total. The molecule has 2 heterocycles. The van der Waals surface area contributed by atoms with Crippen molar-refractivity contribution in [3.63, 3.8) is 0 Å². The predicted molar refractivity (Wildman–Crippen MR) is 103 cm³/mol. The number of benzene rings is 1. The molecule has 0 spiro atoms. The van der Waals surface area contributed by atoms with E-state index >= 15 is 0 Å². The van der Waals surface area contributed by atoms with E-state index in [0.717, 1.165) is 34.5 Å². The van der Waals surface area contributed by atoms with Gasteiger partial charge in [-0.1, -0.05) is 23.1 Å².